The zero-order valence-corrected chi connectivity index (χ0v) is 10.1. The van der Waals surface area contributed by atoms with Crippen LogP contribution in [0.2, 0.25) is 0 Å². The summed E-state index contributed by atoms with van der Waals surface area (Å²) in [5, 5.41) is 0. The Hall–Kier alpha value is -1.22. The smallest absolute Gasteiger partial charge is 0.161 e. The maximum absolute atomic E-state index is 5.49. The van der Waals surface area contributed by atoms with Gasteiger partial charge >= 0.3 is 0 Å². The first-order valence-corrected chi connectivity index (χ1v) is 5.57. The van der Waals surface area contributed by atoms with E-state index in [1.54, 1.807) is 21.3 Å². The number of methoxy groups -OCH3 is 3. The first kappa shape index (κ1) is 11.3. The predicted octanol–water partition coefficient (Wildman–Crippen LogP) is 2.73. The molecular formula is C13H18O3. The highest BCUT2D eigenvalue weighted by Crippen LogP contribution is 2.39. The summed E-state index contributed by atoms with van der Waals surface area (Å²) in [4.78, 5) is 0. The molecule has 0 N–H and O–H groups in total. The second-order valence-electron chi connectivity index (χ2n) is 4.02. The Labute approximate surface area is 96.3 Å². The van der Waals surface area contributed by atoms with Gasteiger partial charge in [0.15, 0.2) is 11.5 Å². The van der Waals surface area contributed by atoms with Crippen molar-refractivity contribution in [1.82, 2.24) is 0 Å². The lowest BCUT2D eigenvalue weighted by atomic mass is 9.89. The second-order valence-corrected chi connectivity index (χ2v) is 4.02. The van der Waals surface area contributed by atoms with E-state index < -0.39 is 0 Å². The fraction of sp³-hybridized carbons (Fsp3) is 0.538. The van der Waals surface area contributed by atoms with Crippen LogP contribution in [-0.2, 0) is 11.2 Å². The summed E-state index contributed by atoms with van der Waals surface area (Å²) < 4.78 is 16.1. The number of aryl methyl sites for hydroxylation is 1. The van der Waals surface area contributed by atoms with Gasteiger partial charge in [-0.15, -0.1) is 0 Å². The molecule has 0 aromatic heterocycles. The topological polar surface area (TPSA) is 27.7 Å². The van der Waals surface area contributed by atoms with Crippen molar-refractivity contribution in [1.29, 1.82) is 0 Å². The summed E-state index contributed by atoms with van der Waals surface area (Å²) in [5.74, 6) is 1.59. The molecule has 16 heavy (non-hydrogen) atoms. The van der Waals surface area contributed by atoms with E-state index in [9.17, 15) is 0 Å². The molecule has 0 radical (unpaired) electrons. The number of benzene rings is 1. The molecule has 1 aliphatic rings. The summed E-state index contributed by atoms with van der Waals surface area (Å²) >= 11 is 0. The highest BCUT2D eigenvalue weighted by molar-refractivity contribution is 5.49. The van der Waals surface area contributed by atoms with E-state index in [1.165, 1.54) is 17.5 Å². The third-order valence-corrected chi connectivity index (χ3v) is 3.19. The van der Waals surface area contributed by atoms with Gasteiger partial charge in [0.1, 0.15) is 0 Å². The first-order valence-electron chi connectivity index (χ1n) is 5.57. The van der Waals surface area contributed by atoms with Crippen LogP contribution in [0.3, 0.4) is 0 Å². The Bertz CT molecular complexity index is 374. The molecule has 1 atom stereocenters. The van der Waals surface area contributed by atoms with Gasteiger partial charge in [-0.1, -0.05) is 0 Å². The molecule has 0 aliphatic heterocycles. The van der Waals surface area contributed by atoms with Gasteiger partial charge in [-0.25, -0.2) is 0 Å². The molecule has 0 saturated heterocycles. The molecule has 88 valence electrons. The van der Waals surface area contributed by atoms with Crippen molar-refractivity contribution in [2.24, 2.45) is 0 Å². The average Bonchev–Trinajstić information content (AvgIpc) is 2.36. The summed E-state index contributed by atoms with van der Waals surface area (Å²) in [5.41, 5.74) is 2.56. The van der Waals surface area contributed by atoms with E-state index in [4.69, 9.17) is 14.2 Å². The highest BCUT2D eigenvalue weighted by Gasteiger charge is 2.22. The lowest BCUT2D eigenvalue weighted by Crippen LogP contribution is -2.12. The lowest BCUT2D eigenvalue weighted by Gasteiger charge is -2.25. The Kier molecular flexibility index (Phi) is 3.34. The van der Waals surface area contributed by atoms with Gasteiger partial charge in [0.2, 0.25) is 0 Å². The fourth-order valence-electron chi connectivity index (χ4n) is 2.33. The fourth-order valence-corrected chi connectivity index (χ4v) is 2.33. The molecule has 1 aliphatic carbocycles. The Morgan fingerprint density at radius 3 is 2.38 bits per heavy atom. The molecule has 3 nitrogen and oxygen atoms in total. The first-order chi connectivity index (χ1) is 7.80. The SMILES string of the molecule is COc1cc2c(cc1OC)C(OC)CCC2. The predicted molar refractivity (Wildman–Crippen MR) is 62.2 cm³/mol. The minimum absolute atomic E-state index is 0.198. The number of ether oxygens (including phenoxy) is 3. The van der Waals surface area contributed by atoms with E-state index in [2.05, 4.69) is 6.07 Å². The van der Waals surface area contributed by atoms with Crippen LogP contribution in [0, 0.1) is 0 Å². The molecule has 0 saturated carbocycles. The van der Waals surface area contributed by atoms with Crippen LogP contribution in [0.4, 0.5) is 0 Å². The maximum Gasteiger partial charge on any atom is 0.161 e. The molecule has 0 amide bonds. The molecule has 2 rings (SSSR count). The minimum atomic E-state index is 0.198. The van der Waals surface area contributed by atoms with Crippen LogP contribution >= 0.6 is 0 Å². The van der Waals surface area contributed by atoms with Gasteiger partial charge in [-0.05, 0) is 42.5 Å². The van der Waals surface area contributed by atoms with Crippen molar-refractivity contribution >= 4 is 0 Å². The largest absolute Gasteiger partial charge is 0.493 e. The van der Waals surface area contributed by atoms with Crippen molar-refractivity contribution < 1.29 is 14.2 Å². The normalized spacial score (nSPS) is 19.1. The standard InChI is InChI=1S/C13H18O3/c1-14-11-6-4-5-9-7-12(15-2)13(16-3)8-10(9)11/h7-8,11H,4-6H2,1-3H3. The van der Waals surface area contributed by atoms with Crippen molar-refractivity contribution in [2.75, 3.05) is 21.3 Å². The number of fused-ring (bicyclic) bond motifs is 1. The van der Waals surface area contributed by atoms with Crippen LogP contribution in [0.25, 0.3) is 0 Å². The molecule has 0 spiro atoms. The van der Waals surface area contributed by atoms with E-state index in [0.717, 1.165) is 24.3 Å². The molecule has 1 unspecified atom stereocenters. The van der Waals surface area contributed by atoms with Crippen molar-refractivity contribution in [3.8, 4) is 11.5 Å². The van der Waals surface area contributed by atoms with Gasteiger partial charge in [0, 0.05) is 7.11 Å². The Morgan fingerprint density at radius 2 is 1.75 bits per heavy atom. The van der Waals surface area contributed by atoms with Crippen LogP contribution in [0.1, 0.15) is 30.1 Å². The van der Waals surface area contributed by atoms with Gasteiger partial charge in [0.05, 0.1) is 20.3 Å². The number of hydrogen-bond donors (Lipinski definition) is 0. The molecule has 0 heterocycles. The van der Waals surface area contributed by atoms with Crippen LogP contribution in [-0.4, -0.2) is 21.3 Å². The van der Waals surface area contributed by atoms with Gasteiger partial charge < -0.3 is 14.2 Å². The van der Waals surface area contributed by atoms with E-state index in [0.29, 0.717) is 0 Å². The summed E-state index contributed by atoms with van der Waals surface area (Å²) in [6.07, 6.45) is 3.54. The van der Waals surface area contributed by atoms with Crippen LogP contribution in [0.5, 0.6) is 11.5 Å². The monoisotopic (exact) mass is 222 g/mol. The molecular weight excluding hydrogens is 204 g/mol. The second kappa shape index (κ2) is 4.74. The van der Waals surface area contributed by atoms with E-state index in [1.807, 2.05) is 6.07 Å². The molecule has 1 aromatic carbocycles. The van der Waals surface area contributed by atoms with Crippen molar-refractivity contribution in [3.05, 3.63) is 23.3 Å². The zero-order valence-electron chi connectivity index (χ0n) is 10.1. The van der Waals surface area contributed by atoms with Crippen molar-refractivity contribution in [2.45, 2.75) is 25.4 Å². The average molecular weight is 222 g/mol. The summed E-state index contributed by atoms with van der Waals surface area (Å²) in [6, 6.07) is 4.11. The summed E-state index contributed by atoms with van der Waals surface area (Å²) in [6.45, 7) is 0. The molecule has 3 heteroatoms. The van der Waals surface area contributed by atoms with Gasteiger partial charge in [-0.2, -0.15) is 0 Å². The number of rotatable bonds is 3. The van der Waals surface area contributed by atoms with Crippen LogP contribution in [0.15, 0.2) is 12.1 Å². The van der Waals surface area contributed by atoms with Crippen molar-refractivity contribution in [3.63, 3.8) is 0 Å². The van der Waals surface area contributed by atoms with E-state index in [-0.39, 0.29) is 6.10 Å². The number of hydrogen-bond acceptors (Lipinski definition) is 3. The Balaban J connectivity index is 2.46. The molecule has 1 aromatic rings. The third-order valence-electron chi connectivity index (χ3n) is 3.19. The lowest BCUT2D eigenvalue weighted by molar-refractivity contribution is 0.0877. The van der Waals surface area contributed by atoms with E-state index >= 15 is 0 Å². The summed E-state index contributed by atoms with van der Waals surface area (Å²) in [7, 11) is 5.09. The maximum atomic E-state index is 5.49. The third kappa shape index (κ3) is 1.87. The Morgan fingerprint density at radius 1 is 1.06 bits per heavy atom. The van der Waals surface area contributed by atoms with Gasteiger partial charge in [-0.3, -0.25) is 0 Å². The quantitative estimate of drug-likeness (QED) is 0.787. The minimum Gasteiger partial charge on any atom is -0.493 e. The molecule has 0 fully saturated rings. The van der Waals surface area contributed by atoms with Crippen LogP contribution < -0.4 is 9.47 Å². The molecule has 0 bridgehead atoms. The van der Waals surface area contributed by atoms with Gasteiger partial charge in [0.25, 0.3) is 0 Å². The zero-order chi connectivity index (χ0) is 11.5. The highest BCUT2D eigenvalue weighted by atomic mass is 16.5.